The molecule has 3 aromatic rings. The molecule has 0 spiro atoms. The van der Waals surface area contributed by atoms with Crippen LogP contribution in [-0.4, -0.2) is 39.5 Å². The van der Waals surface area contributed by atoms with E-state index in [0.29, 0.717) is 36.9 Å². The highest BCUT2D eigenvalue weighted by Gasteiger charge is 2.48. The lowest BCUT2D eigenvalue weighted by Crippen LogP contribution is -2.64. The van der Waals surface area contributed by atoms with Gasteiger partial charge in [-0.3, -0.25) is 9.59 Å². The summed E-state index contributed by atoms with van der Waals surface area (Å²) in [5, 5.41) is 3.29. The summed E-state index contributed by atoms with van der Waals surface area (Å²) in [5.41, 5.74) is 1.98. The Labute approximate surface area is 206 Å². The number of fused-ring (bicyclic) bond motifs is 3. The van der Waals surface area contributed by atoms with E-state index in [1.807, 2.05) is 41.8 Å². The maximum atomic E-state index is 13.8. The zero-order chi connectivity index (χ0) is 24.6. The first kappa shape index (κ1) is 23.5. The van der Waals surface area contributed by atoms with E-state index < -0.39 is 5.54 Å². The van der Waals surface area contributed by atoms with E-state index >= 15 is 0 Å². The quantitative estimate of drug-likeness (QED) is 0.512. The minimum atomic E-state index is -1.03. The molecule has 7 nitrogen and oxygen atoms in total. The number of carbonyl (C=O) groups is 2. The van der Waals surface area contributed by atoms with Gasteiger partial charge in [-0.25, -0.2) is 0 Å². The summed E-state index contributed by atoms with van der Waals surface area (Å²) < 4.78 is 13.2. The van der Waals surface area contributed by atoms with Gasteiger partial charge in [0.1, 0.15) is 17.0 Å². The minimum Gasteiger partial charge on any atom is -0.494 e. The Bertz CT molecular complexity index is 1200. The molecule has 0 saturated heterocycles. The second-order valence-electron chi connectivity index (χ2n) is 10.4. The molecular formula is C28H35N3O4. The molecule has 2 aromatic heterocycles. The van der Waals surface area contributed by atoms with Crippen molar-refractivity contribution >= 4 is 22.9 Å². The largest absolute Gasteiger partial charge is 0.494 e. The first-order valence-corrected chi connectivity index (χ1v) is 12.8. The summed E-state index contributed by atoms with van der Waals surface area (Å²) in [6.45, 7) is 7.61. The van der Waals surface area contributed by atoms with Crippen LogP contribution in [0.1, 0.15) is 68.9 Å². The molecule has 1 N–H and O–H groups in total. The predicted octanol–water partition coefficient (Wildman–Crippen LogP) is 5.13. The number of nitrogens with one attached hydrogen (secondary N) is 1. The van der Waals surface area contributed by atoms with E-state index in [2.05, 4.69) is 19.2 Å². The third-order valence-electron chi connectivity index (χ3n) is 7.63. The lowest BCUT2D eigenvalue weighted by Gasteiger charge is -2.45. The van der Waals surface area contributed by atoms with Crippen molar-refractivity contribution in [2.45, 2.75) is 77.5 Å². The molecule has 1 fully saturated rings. The zero-order valence-electron chi connectivity index (χ0n) is 20.9. The Morgan fingerprint density at radius 1 is 1.17 bits per heavy atom. The number of ether oxygens (including phenoxy) is 1. The van der Waals surface area contributed by atoms with Gasteiger partial charge in [0.2, 0.25) is 5.91 Å². The maximum Gasteiger partial charge on any atom is 0.271 e. The molecule has 2 aliphatic rings. The Morgan fingerprint density at radius 2 is 1.91 bits per heavy atom. The number of furan rings is 1. The summed E-state index contributed by atoms with van der Waals surface area (Å²) in [7, 11) is 0. The molecule has 0 bridgehead atoms. The number of aromatic nitrogens is 1. The van der Waals surface area contributed by atoms with Crippen molar-refractivity contribution < 1.29 is 18.7 Å². The van der Waals surface area contributed by atoms with E-state index in [-0.39, 0.29) is 17.9 Å². The molecule has 2 amide bonds. The van der Waals surface area contributed by atoms with Crippen LogP contribution in [0, 0.1) is 5.92 Å². The lowest BCUT2D eigenvalue weighted by molar-refractivity contribution is -0.134. The molecule has 3 heterocycles. The van der Waals surface area contributed by atoms with Crippen molar-refractivity contribution in [3.63, 3.8) is 0 Å². The Morgan fingerprint density at radius 3 is 2.63 bits per heavy atom. The van der Waals surface area contributed by atoms with Crippen LogP contribution in [0.2, 0.25) is 0 Å². The summed E-state index contributed by atoms with van der Waals surface area (Å²) in [6, 6.07) is 11.6. The van der Waals surface area contributed by atoms with Gasteiger partial charge in [0.15, 0.2) is 5.58 Å². The molecule has 1 atom stereocenters. The maximum absolute atomic E-state index is 13.8. The van der Waals surface area contributed by atoms with E-state index in [1.54, 1.807) is 17.2 Å². The normalized spacial score (nSPS) is 24.4. The summed E-state index contributed by atoms with van der Waals surface area (Å²) in [6.07, 6.45) is 6.77. The zero-order valence-corrected chi connectivity index (χ0v) is 20.9. The Balaban J connectivity index is 1.44. The van der Waals surface area contributed by atoms with Crippen molar-refractivity contribution in [3.05, 3.63) is 53.9 Å². The van der Waals surface area contributed by atoms with Crippen LogP contribution in [-0.2, 0) is 17.9 Å². The SMILES string of the molecule is CCCOc1ccc(CN2C(=O)c3cc4occc4n3CC2(C)C(=O)NC2CCC(C)CC2)cc1. The van der Waals surface area contributed by atoms with Crippen LogP contribution < -0.4 is 10.1 Å². The van der Waals surface area contributed by atoms with Crippen molar-refractivity contribution in [1.82, 2.24) is 14.8 Å². The van der Waals surface area contributed by atoms with Crippen molar-refractivity contribution in [1.29, 1.82) is 0 Å². The molecule has 5 rings (SSSR count). The number of nitrogens with zero attached hydrogens (tertiary/aromatic N) is 2. The second-order valence-corrected chi connectivity index (χ2v) is 10.4. The summed E-state index contributed by atoms with van der Waals surface area (Å²) in [4.78, 5) is 29.4. The van der Waals surface area contributed by atoms with Crippen LogP contribution >= 0.6 is 0 Å². The van der Waals surface area contributed by atoms with Gasteiger partial charge in [0, 0.05) is 24.7 Å². The van der Waals surface area contributed by atoms with E-state index in [1.165, 1.54) is 0 Å². The number of benzene rings is 1. The van der Waals surface area contributed by atoms with E-state index in [9.17, 15) is 9.59 Å². The van der Waals surface area contributed by atoms with Crippen molar-refractivity contribution in [2.24, 2.45) is 5.92 Å². The standard InChI is InChI=1S/C28H35N3O4/c1-4-14-34-22-11-7-20(8-12-22)17-31-26(32)24-16-25-23(13-15-35-25)30(24)18-28(31,3)27(33)29-21-9-5-19(2)6-10-21/h7-8,11-13,15-16,19,21H,4-6,9-10,14,17-18H2,1-3H3,(H,29,33). The highest BCUT2D eigenvalue weighted by molar-refractivity contribution is 6.02. The van der Waals surface area contributed by atoms with Crippen LogP contribution in [0.3, 0.4) is 0 Å². The van der Waals surface area contributed by atoms with Crippen LogP contribution in [0.4, 0.5) is 0 Å². The number of hydrogen-bond donors (Lipinski definition) is 1. The Kier molecular flexibility index (Phi) is 6.34. The van der Waals surface area contributed by atoms with Gasteiger partial charge in [-0.2, -0.15) is 0 Å². The fourth-order valence-corrected chi connectivity index (χ4v) is 5.36. The van der Waals surface area contributed by atoms with Crippen LogP contribution in [0.5, 0.6) is 5.75 Å². The van der Waals surface area contributed by atoms with Gasteiger partial charge in [-0.1, -0.05) is 26.0 Å². The molecule has 7 heteroatoms. The number of amides is 2. The fraction of sp³-hybridized carbons (Fsp3) is 0.500. The predicted molar refractivity (Wildman–Crippen MR) is 134 cm³/mol. The number of hydrogen-bond acceptors (Lipinski definition) is 4. The third-order valence-corrected chi connectivity index (χ3v) is 7.63. The molecule has 1 aliphatic heterocycles. The van der Waals surface area contributed by atoms with Gasteiger partial charge >= 0.3 is 0 Å². The van der Waals surface area contributed by atoms with E-state index in [4.69, 9.17) is 9.15 Å². The van der Waals surface area contributed by atoms with E-state index in [0.717, 1.165) is 48.9 Å². The molecule has 35 heavy (non-hydrogen) atoms. The molecule has 1 unspecified atom stereocenters. The Hall–Kier alpha value is -3.22. The fourth-order valence-electron chi connectivity index (χ4n) is 5.36. The van der Waals surface area contributed by atoms with Crippen LogP contribution in [0.15, 0.2) is 47.1 Å². The van der Waals surface area contributed by atoms with Gasteiger partial charge < -0.3 is 23.9 Å². The smallest absolute Gasteiger partial charge is 0.271 e. The van der Waals surface area contributed by atoms with Gasteiger partial charge in [0.25, 0.3) is 5.91 Å². The first-order valence-electron chi connectivity index (χ1n) is 12.8. The lowest BCUT2D eigenvalue weighted by atomic mass is 9.86. The van der Waals surface area contributed by atoms with Crippen molar-refractivity contribution in [3.8, 4) is 5.75 Å². The summed E-state index contributed by atoms with van der Waals surface area (Å²) >= 11 is 0. The molecule has 0 radical (unpaired) electrons. The monoisotopic (exact) mass is 477 g/mol. The summed E-state index contributed by atoms with van der Waals surface area (Å²) in [5.74, 6) is 1.25. The molecule has 1 saturated carbocycles. The number of rotatable bonds is 7. The van der Waals surface area contributed by atoms with Gasteiger partial charge in [-0.15, -0.1) is 0 Å². The van der Waals surface area contributed by atoms with Crippen molar-refractivity contribution in [2.75, 3.05) is 6.61 Å². The highest BCUT2D eigenvalue weighted by Crippen LogP contribution is 2.34. The molecule has 186 valence electrons. The van der Waals surface area contributed by atoms with Crippen LogP contribution in [0.25, 0.3) is 11.1 Å². The molecule has 1 aromatic carbocycles. The first-order chi connectivity index (χ1) is 16.9. The highest BCUT2D eigenvalue weighted by atomic mass is 16.5. The molecular weight excluding hydrogens is 442 g/mol. The second kappa shape index (κ2) is 9.44. The minimum absolute atomic E-state index is 0.0932. The van der Waals surface area contributed by atoms with Gasteiger partial charge in [-0.05, 0) is 62.6 Å². The average molecular weight is 478 g/mol. The van der Waals surface area contributed by atoms with Gasteiger partial charge in [0.05, 0.1) is 24.9 Å². The number of carbonyl (C=O) groups excluding carboxylic acids is 2. The average Bonchev–Trinajstić information content (AvgIpc) is 3.45. The third kappa shape index (κ3) is 4.44. The topological polar surface area (TPSA) is 76.7 Å². The molecule has 1 aliphatic carbocycles.